The highest BCUT2D eigenvalue weighted by Gasteiger charge is 2.13. The molecule has 0 aromatic carbocycles. The fraction of sp³-hybridized carbons (Fsp3) is 0.385. The topological polar surface area (TPSA) is 77.6 Å². The zero-order valence-corrected chi connectivity index (χ0v) is 12.8. The minimum atomic E-state index is 0.442. The molecule has 2 N–H and O–H groups in total. The van der Waals surface area contributed by atoms with Crippen molar-refractivity contribution in [2.24, 2.45) is 5.92 Å². The Morgan fingerprint density at radius 2 is 2.00 bits per heavy atom. The van der Waals surface area contributed by atoms with Crippen LogP contribution in [0.3, 0.4) is 0 Å². The minimum Gasteiger partial charge on any atom is -0.383 e. The Labute approximate surface area is 120 Å². The average molecular weight is 322 g/mol. The fourth-order valence-electron chi connectivity index (χ4n) is 1.73. The zero-order chi connectivity index (χ0) is 14.0. The zero-order valence-electron chi connectivity index (χ0n) is 11.2. The molecule has 19 heavy (non-hydrogen) atoms. The minimum absolute atomic E-state index is 0.442. The van der Waals surface area contributed by atoms with Gasteiger partial charge in [0.05, 0.1) is 10.2 Å². The van der Waals surface area contributed by atoms with E-state index in [0.29, 0.717) is 29.1 Å². The molecule has 0 amide bonds. The summed E-state index contributed by atoms with van der Waals surface area (Å²) in [5.74, 6) is 2.16. The molecule has 0 aliphatic rings. The molecule has 0 saturated heterocycles. The van der Waals surface area contributed by atoms with Crippen LogP contribution in [0.4, 0.5) is 5.82 Å². The van der Waals surface area contributed by atoms with Crippen molar-refractivity contribution >= 4 is 21.7 Å². The summed E-state index contributed by atoms with van der Waals surface area (Å²) in [4.78, 5) is 17.2. The molecule has 6 heteroatoms. The maximum atomic E-state index is 5.93. The van der Waals surface area contributed by atoms with Gasteiger partial charge in [-0.1, -0.05) is 13.8 Å². The van der Waals surface area contributed by atoms with Crippen molar-refractivity contribution in [3.8, 4) is 11.5 Å². The van der Waals surface area contributed by atoms with Crippen molar-refractivity contribution in [3.05, 3.63) is 28.3 Å². The molecular weight excluding hydrogens is 306 g/mol. The molecule has 0 unspecified atom stereocenters. The molecule has 2 aromatic rings. The monoisotopic (exact) mass is 321 g/mol. The van der Waals surface area contributed by atoms with Gasteiger partial charge >= 0.3 is 0 Å². The van der Waals surface area contributed by atoms with E-state index in [1.54, 1.807) is 12.3 Å². The van der Waals surface area contributed by atoms with Gasteiger partial charge in [0.2, 0.25) is 0 Å². The Balaban J connectivity index is 2.50. The number of anilines is 1. The number of halogens is 1. The molecule has 0 fully saturated rings. The highest BCUT2D eigenvalue weighted by Crippen LogP contribution is 2.26. The molecule has 0 bridgehead atoms. The van der Waals surface area contributed by atoms with Crippen molar-refractivity contribution in [2.75, 3.05) is 5.73 Å². The quantitative estimate of drug-likeness (QED) is 0.940. The molecule has 2 rings (SSSR count). The maximum Gasteiger partial charge on any atom is 0.180 e. The Kier molecular flexibility index (Phi) is 4.09. The van der Waals surface area contributed by atoms with E-state index in [1.807, 2.05) is 6.92 Å². The van der Waals surface area contributed by atoms with Crippen LogP contribution in [0.1, 0.15) is 25.4 Å². The van der Waals surface area contributed by atoms with Gasteiger partial charge in [-0.25, -0.2) is 19.9 Å². The van der Waals surface area contributed by atoms with Crippen LogP contribution in [-0.2, 0) is 6.42 Å². The number of rotatable bonds is 3. The molecule has 5 nitrogen and oxygen atoms in total. The summed E-state index contributed by atoms with van der Waals surface area (Å²) >= 11 is 3.45. The van der Waals surface area contributed by atoms with Gasteiger partial charge in [-0.15, -0.1) is 0 Å². The van der Waals surface area contributed by atoms with E-state index in [4.69, 9.17) is 5.73 Å². The van der Waals surface area contributed by atoms with Gasteiger partial charge in [0.15, 0.2) is 5.82 Å². The van der Waals surface area contributed by atoms with Crippen LogP contribution < -0.4 is 5.73 Å². The van der Waals surface area contributed by atoms with E-state index < -0.39 is 0 Å². The van der Waals surface area contributed by atoms with Gasteiger partial charge in [0.1, 0.15) is 17.3 Å². The summed E-state index contributed by atoms with van der Waals surface area (Å²) in [6.07, 6.45) is 2.53. The lowest BCUT2D eigenvalue weighted by Crippen LogP contribution is -2.06. The first-order valence-electron chi connectivity index (χ1n) is 6.09. The van der Waals surface area contributed by atoms with Gasteiger partial charge in [-0.3, -0.25) is 0 Å². The van der Waals surface area contributed by atoms with Crippen LogP contribution in [0.5, 0.6) is 0 Å². The van der Waals surface area contributed by atoms with Crippen LogP contribution in [-0.4, -0.2) is 19.9 Å². The number of aromatic nitrogens is 4. The second kappa shape index (κ2) is 5.61. The second-order valence-electron chi connectivity index (χ2n) is 4.78. The molecule has 0 radical (unpaired) electrons. The smallest absolute Gasteiger partial charge is 0.180 e. The summed E-state index contributed by atoms with van der Waals surface area (Å²) < 4.78 is 0.774. The normalized spacial score (nSPS) is 11.0. The summed E-state index contributed by atoms with van der Waals surface area (Å²) in [6.45, 7) is 6.11. The van der Waals surface area contributed by atoms with Crippen molar-refractivity contribution in [2.45, 2.75) is 27.2 Å². The Morgan fingerprint density at radius 1 is 1.26 bits per heavy atom. The van der Waals surface area contributed by atoms with E-state index in [9.17, 15) is 0 Å². The van der Waals surface area contributed by atoms with Gasteiger partial charge in [-0.2, -0.15) is 0 Å². The van der Waals surface area contributed by atoms with Crippen LogP contribution in [0.15, 0.2) is 16.7 Å². The molecule has 2 heterocycles. The third-order valence-electron chi connectivity index (χ3n) is 2.55. The molecule has 0 aliphatic heterocycles. The predicted octanol–water partition coefficient (Wildman–Crippen LogP) is 2.79. The lowest BCUT2D eigenvalue weighted by atomic mass is 10.1. The van der Waals surface area contributed by atoms with Crippen LogP contribution in [0.25, 0.3) is 11.5 Å². The third-order valence-corrected chi connectivity index (χ3v) is 3.42. The van der Waals surface area contributed by atoms with E-state index in [2.05, 4.69) is 49.7 Å². The first-order valence-corrected chi connectivity index (χ1v) is 6.88. The molecule has 0 spiro atoms. The van der Waals surface area contributed by atoms with Gasteiger partial charge in [0.25, 0.3) is 0 Å². The van der Waals surface area contributed by atoms with Crippen LogP contribution in [0, 0.1) is 12.8 Å². The number of hydrogen-bond acceptors (Lipinski definition) is 5. The Morgan fingerprint density at radius 3 is 2.63 bits per heavy atom. The molecule has 2 aromatic heterocycles. The van der Waals surface area contributed by atoms with Crippen molar-refractivity contribution in [3.63, 3.8) is 0 Å². The summed E-state index contributed by atoms with van der Waals surface area (Å²) in [7, 11) is 0. The largest absolute Gasteiger partial charge is 0.383 e. The summed E-state index contributed by atoms with van der Waals surface area (Å²) in [6, 6.07) is 1.79. The van der Waals surface area contributed by atoms with Crippen molar-refractivity contribution in [1.82, 2.24) is 19.9 Å². The van der Waals surface area contributed by atoms with E-state index in [-0.39, 0.29) is 0 Å². The summed E-state index contributed by atoms with van der Waals surface area (Å²) in [5, 5.41) is 0. The molecule has 0 saturated carbocycles. The number of nitrogens with two attached hydrogens (primary N) is 1. The van der Waals surface area contributed by atoms with Crippen LogP contribution in [0.2, 0.25) is 0 Å². The number of nitrogen functional groups attached to an aromatic ring is 1. The van der Waals surface area contributed by atoms with E-state index >= 15 is 0 Å². The average Bonchev–Trinajstić information content (AvgIpc) is 2.34. The fourth-order valence-corrected chi connectivity index (χ4v) is 2.07. The van der Waals surface area contributed by atoms with Gasteiger partial charge in [0, 0.05) is 6.20 Å². The Bertz CT molecular complexity index is 598. The van der Waals surface area contributed by atoms with Gasteiger partial charge in [-0.05, 0) is 41.3 Å². The molecule has 0 aliphatic carbocycles. The highest BCUT2D eigenvalue weighted by molar-refractivity contribution is 9.10. The number of aryl methyl sites for hydroxylation is 1. The maximum absolute atomic E-state index is 5.93. The number of hydrogen-bond donors (Lipinski definition) is 1. The van der Waals surface area contributed by atoms with Crippen molar-refractivity contribution in [1.29, 1.82) is 0 Å². The standard InChI is InChI=1S/C13H16BrN5/c1-7(2)6-10-11(14)12(15)19-13(18-10)9-4-5-16-8(3)17-9/h4-5,7H,6H2,1-3H3,(H2,15,18,19). The number of nitrogens with zero attached hydrogens (tertiary/aromatic N) is 4. The van der Waals surface area contributed by atoms with Crippen LogP contribution >= 0.6 is 15.9 Å². The Hall–Kier alpha value is -1.56. The first-order chi connectivity index (χ1) is 8.97. The molecular formula is C13H16BrN5. The lowest BCUT2D eigenvalue weighted by molar-refractivity contribution is 0.632. The molecule has 0 atom stereocenters. The third kappa shape index (κ3) is 3.26. The molecule has 100 valence electrons. The van der Waals surface area contributed by atoms with Crippen molar-refractivity contribution < 1.29 is 0 Å². The first kappa shape index (κ1) is 13.9. The predicted molar refractivity (Wildman–Crippen MR) is 78.4 cm³/mol. The van der Waals surface area contributed by atoms with E-state index in [1.165, 1.54) is 0 Å². The summed E-state index contributed by atoms with van der Waals surface area (Å²) in [5.41, 5.74) is 7.53. The second-order valence-corrected chi connectivity index (χ2v) is 5.57. The lowest BCUT2D eigenvalue weighted by Gasteiger charge is -2.10. The SMILES string of the molecule is Cc1nccc(-c2nc(N)c(Br)c(CC(C)C)n2)n1. The van der Waals surface area contributed by atoms with Gasteiger partial charge < -0.3 is 5.73 Å². The highest BCUT2D eigenvalue weighted by atomic mass is 79.9. The van der Waals surface area contributed by atoms with E-state index in [0.717, 1.165) is 16.6 Å².